The molecule has 1 aliphatic rings. The molecule has 6 heteroatoms. The van der Waals surface area contributed by atoms with Crippen LogP contribution in [0.2, 0.25) is 0 Å². The van der Waals surface area contributed by atoms with Crippen molar-refractivity contribution in [3.05, 3.63) is 18.1 Å². The molecule has 1 amide bonds. The Morgan fingerprint density at radius 2 is 1.95 bits per heavy atom. The van der Waals surface area contributed by atoms with Gasteiger partial charge < -0.3 is 14.5 Å². The molecule has 0 N–H and O–H groups in total. The first-order chi connectivity index (χ1) is 9.26. The summed E-state index contributed by atoms with van der Waals surface area (Å²) in [6.45, 7) is 8.32. The van der Waals surface area contributed by atoms with Gasteiger partial charge in [0.2, 0.25) is 0 Å². The van der Waals surface area contributed by atoms with Crippen LogP contribution in [-0.2, 0) is 4.74 Å². The Hall–Kier alpha value is -1.69. The number of morpholine rings is 1. The van der Waals surface area contributed by atoms with E-state index in [-0.39, 0.29) is 5.91 Å². The Morgan fingerprint density at radius 3 is 2.47 bits per heavy atom. The predicted molar refractivity (Wildman–Crippen MR) is 72.3 cm³/mol. The zero-order valence-electron chi connectivity index (χ0n) is 11.5. The molecule has 0 radical (unpaired) electrons. The van der Waals surface area contributed by atoms with Crippen LogP contribution in [0.15, 0.2) is 12.4 Å². The molecular weight excluding hydrogens is 244 g/mol. The summed E-state index contributed by atoms with van der Waals surface area (Å²) in [5, 5.41) is 0. The maximum absolute atomic E-state index is 12.2. The number of amides is 1. The van der Waals surface area contributed by atoms with Crippen LogP contribution in [0.1, 0.15) is 24.3 Å². The van der Waals surface area contributed by atoms with E-state index in [4.69, 9.17) is 4.74 Å². The Bertz CT molecular complexity index is 411. The summed E-state index contributed by atoms with van der Waals surface area (Å²) >= 11 is 0. The second-order valence-corrected chi connectivity index (χ2v) is 4.34. The monoisotopic (exact) mass is 264 g/mol. The zero-order valence-corrected chi connectivity index (χ0v) is 11.5. The first-order valence-corrected chi connectivity index (χ1v) is 6.70. The van der Waals surface area contributed by atoms with E-state index in [1.807, 2.05) is 0 Å². The van der Waals surface area contributed by atoms with Gasteiger partial charge in [0.25, 0.3) is 5.91 Å². The normalized spacial score (nSPS) is 15.4. The van der Waals surface area contributed by atoms with Crippen molar-refractivity contribution in [3.63, 3.8) is 0 Å². The number of carbonyl (C=O) groups is 1. The maximum Gasteiger partial charge on any atom is 0.274 e. The molecule has 2 rings (SSSR count). The standard InChI is InChI=1S/C13H20N4O2/c1-3-16(4-2)12-10-14-11(9-15-12)13(18)17-5-7-19-8-6-17/h9-10H,3-8H2,1-2H3. The van der Waals surface area contributed by atoms with Gasteiger partial charge in [0.15, 0.2) is 0 Å². The van der Waals surface area contributed by atoms with Gasteiger partial charge in [-0.25, -0.2) is 9.97 Å². The molecule has 0 spiro atoms. The van der Waals surface area contributed by atoms with Gasteiger partial charge in [-0.05, 0) is 13.8 Å². The van der Waals surface area contributed by atoms with Crippen LogP contribution in [0.3, 0.4) is 0 Å². The van der Waals surface area contributed by atoms with E-state index >= 15 is 0 Å². The van der Waals surface area contributed by atoms with Crippen molar-refractivity contribution in [2.24, 2.45) is 0 Å². The number of rotatable bonds is 4. The van der Waals surface area contributed by atoms with Gasteiger partial charge in [0.1, 0.15) is 11.5 Å². The van der Waals surface area contributed by atoms with Crippen molar-refractivity contribution in [2.45, 2.75) is 13.8 Å². The molecule has 0 aromatic carbocycles. The van der Waals surface area contributed by atoms with E-state index in [1.165, 1.54) is 0 Å². The topological polar surface area (TPSA) is 58.6 Å². The third kappa shape index (κ3) is 3.20. The molecular formula is C13H20N4O2. The van der Waals surface area contributed by atoms with Crippen LogP contribution >= 0.6 is 0 Å². The van der Waals surface area contributed by atoms with Gasteiger partial charge in [-0.1, -0.05) is 0 Å². The highest BCUT2D eigenvalue weighted by Crippen LogP contribution is 2.10. The lowest BCUT2D eigenvalue weighted by atomic mass is 10.3. The lowest BCUT2D eigenvalue weighted by molar-refractivity contribution is 0.0298. The molecule has 0 saturated carbocycles. The first-order valence-electron chi connectivity index (χ1n) is 6.70. The molecule has 1 fully saturated rings. The summed E-state index contributed by atoms with van der Waals surface area (Å²) in [5.74, 6) is 0.741. The fourth-order valence-electron chi connectivity index (χ4n) is 2.07. The fraction of sp³-hybridized carbons (Fsp3) is 0.615. The van der Waals surface area contributed by atoms with Crippen molar-refractivity contribution in [1.82, 2.24) is 14.9 Å². The lowest BCUT2D eigenvalue weighted by Gasteiger charge is -2.26. The van der Waals surface area contributed by atoms with E-state index in [0.29, 0.717) is 32.0 Å². The Balaban J connectivity index is 2.06. The molecule has 1 saturated heterocycles. The average Bonchev–Trinajstić information content (AvgIpc) is 2.49. The molecule has 1 aromatic heterocycles. The molecule has 6 nitrogen and oxygen atoms in total. The van der Waals surface area contributed by atoms with Gasteiger partial charge in [0, 0.05) is 26.2 Å². The first kappa shape index (κ1) is 13.7. The van der Waals surface area contributed by atoms with E-state index in [9.17, 15) is 4.79 Å². The second-order valence-electron chi connectivity index (χ2n) is 4.34. The molecule has 1 aliphatic heterocycles. The Labute approximate surface area is 113 Å². The number of hydrogen-bond acceptors (Lipinski definition) is 5. The van der Waals surface area contributed by atoms with E-state index < -0.39 is 0 Å². The number of hydrogen-bond donors (Lipinski definition) is 0. The number of ether oxygens (including phenoxy) is 1. The average molecular weight is 264 g/mol. The number of anilines is 1. The van der Waals surface area contributed by atoms with Crippen molar-refractivity contribution < 1.29 is 9.53 Å². The fourth-order valence-corrected chi connectivity index (χ4v) is 2.07. The predicted octanol–water partition coefficient (Wildman–Crippen LogP) is 0.795. The molecule has 104 valence electrons. The third-order valence-corrected chi connectivity index (χ3v) is 3.24. The quantitative estimate of drug-likeness (QED) is 0.805. The van der Waals surface area contributed by atoms with Crippen LogP contribution in [0.4, 0.5) is 5.82 Å². The molecule has 0 bridgehead atoms. The second kappa shape index (κ2) is 6.47. The minimum atomic E-state index is -0.0677. The molecule has 19 heavy (non-hydrogen) atoms. The molecule has 1 aromatic rings. The largest absolute Gasteiger partial charge is 0.378 e. The maximum atomic E-state index is 12.2. The van der Waals surface area contributed by atoms with Crippen molar-refractivity contribution in [1.29, 1.82) is 0 Å². The van der Waals surface area contributed by atoms with Crippen molar-refractivity contribution in [3.8, 4) is 0 Å². The summed E-state index contributed by atoms with van der Waals surface area (Å²) in [5.41, 5.74) is 0.401. The highest BCUT2D eigenvalue weighted by atomic mass is 16.5. The van der Waals surface area contributed by atoms with Crippen LogP contribution in [0.5, 0.6) is 0 Å². The molecule has 2 heterocycles. The summed E-state index contributed by atoms with van der Waals surface area (Å²) < 4.78 is 5.23. The van der Waals surface area contributed by atoms with E-state index in [1.54, 1.807) is 17.3 Å². The minimum absolute atomic E-state index is 0.0677. The molecule has 0 atom stereocenters. The Kier molecular flexibility index (Phi) is 4.68. The summed E-state index contributed by atoms with van der Waals surface area (Å²) in [6, 6.07) is 0. The van der Waals surface area contributed by atoms with E-state index in [2.05, 4.69) is 28.7 Å². The molecule has 0 aliphatic carbocycles. The zero-order chi connectivity index (χ0) is 13.7. The summed E-state index contributed by atoms with van der Waals surface area (Å²) in [6.07, 6.45) is 3.23. The number of aromatic nitrogens is 2. The highest BCUT2D eigenvalue weighted by Gasteiger charge is 2.20. The summed E-state index contributed by atoms with van der Waals surface area (Å²) in [4.78, 5) is 24.6. The lowest BCUT2D eigenvalue weighted by Crippen LogP contribution is -2.41. The Morgan fingerprint density at radius 1 is 1.26 bits per heavy atom. The van der Waals surface area contributed by atoms with Gasteiger partial charge in [-0.3, -0.25) is 4.79 Å². The van der Waals surface area contributed by atoms with Crippen molar-refractivity contribution in [2.75, 3.05) is 44.3 Å². The number of carbonyl (C=O) groups excluding carboxylic acids is 1. The van der Waals surface area contributed by atoms with Gasteiger partial charge in [0.05, 0.1) is 25.6 Å². The van der Waals surface area contributed by atoms with Crippen LogP contribution < -0.4 is 4.90 Å². The van der Waals surface area contributed by atoms with E-state index in [0.717, 1.165) is 18.9 Å². The van der Waals surface area contributed by atoms with Crippen molar-refractivity contribution >= 4 is 11.7 Å². The van der Waals surface area contributed by atoms with Crippen LogP contribution in [0.25, 0.3) is 0 Å². The van der Waals surface area contributed by atoms with Gasteiger partial charge >= 0.3 is 0 Å². The molecule has 0 unspecified atom stereocenters. The van der Waals surface area contributed by atoms with Crippen LogP contribution in [-0.4, -0.2) is 60.2 Å². The summed E-state index contributed by atoms with van der Waals surface area (Å²) in [7, 11) is 0. The highest BCUT2D eigenvalue weighted by molar-refractivity contribution is 5.92. The third-order valence-electron chi connectivity index (χ3n) is 3.24. The van der Waals surface area contributed by atoms with Gasteiger partial charge in [-0.2, -0.15) is 0 Å². The smallest absolute Gasteiger partial charge is 0.274 e. The minimum Gasteiger partial charge on any atom is -0.378 e. The van der Waals surface area contributed by atoms with Crippen LogP contribution in [0, 0.1) is 0 Å². The van der Waals surface area contributed by atoms with Gasteiger partial charge in [-0.15, -0.1) is 0 Å². The SMILES string of the molecule is CCN(CC)c1cnc(C(=O)N2CCOCC2)cn1. The number of nitrogens with zero attached hydrogens (tertiary/aromatic N) is 4.